The van der Waals surface area contributed by atoms with Crippen LogP contribution in [0.3, 0.4) is 0 Å². The Kier molecular flexibility index (Phi) is 4.80. The summed E-state index contributed by atoms with van der Waals surface area (Å²) in [6, 6.07) is 3.42. The highest BCUT2D eigenvalue weighted by atomic mass is 19.4. The number of benzene rings is 1. The number of hydrogen-bond donors (Lipinski definition) is 1. The number of ether oxygens (including phenoxy) is 2. The molecule has 0 aliphatic carbocycles. The van der Waals surface area contributed by atoms with Gasteiger partial charge in [-0.2, -0.15) is 0 Å². The van der Waals surface area contributed by atoms with Gasteiger partial charge >= 0.3 is 12.3 Å². The minimum Gasteiger partial charge on any atom is -0.493 e. The maximum atomic E-state index is 12.1. The van der Waals surface area contributed by atoms with Crippen molar-refractivity contribution in [3.63, 3.8) is 0 Å². The van der Waals surface area contributed by atoms with Gasteiger partial charge in [-0.25, -0.2) is 4.79 Å². The third kappa shape index (κ3) is 5.33. The van der Waals surface area contributed by atoms with E-state index in [0.717, 1.165) is 18.2 Å². The largest absolute Gasteiger partial charge is 0.573 e. The van der Waals surface area contributed by atoms with Crippen LogP contribution in [0.1, 0.15) is 12.5 Å². The molecule has 1 N–H and O–H groups in total. The zero-order valence-electron chi connectivity index (χ0n) is 9.90. The first-order chi connectivity index (χ1) is 8.81. The van der Waals surface area contributed by atoms with Gasteiger partial charge < -0.3 is 14.6 Å². The number of hydrogen-bond acceptors (Lipinski definition) is 3. The van der Waals surface area contributed by atoms with Gasteiger partial charge in [0, 0.05) is 17.7 Å². The molecule has 0 aliphatic heterocycles. The quantitative estimate of drug-likeness (QED) is 0.840. The fourth-order valence-electron chi connectivity index (χ4n) is 1.29. The molecule has 0 heterocycles. The van der Waals surface area contributed by atoms with Gasteiger partial charge in [-0.15, -0.1) is 13.2 Å². The van der Waals surface area contributed by atoms with Crippen molar-refractivity contribution in [2.45, 2.75) is 13.3 Å². The number of carbonyl (C=O) groups is 1. The number of rotatable bonds is 5. The third-order valence-corrected chi connectivity index (χ3v) is 1.92. The molecule has 0 aliphatic rings. The van der Waals surface area contributed by atoms with E-state index in [4.69, 9.17) is 9.84 Å². The summed E-state index contributed by atoms with van der Waals surface area (Å²) in [5.74, 6) is -1.48. The maximum absolute atomic E-state index is 12.1. The van der Waals surface area contributed by atoms with E-state index in [2.05, 4.69) is 4.74 Å². The second kappa shape index (κ2) is 6.12. The van der Waals surface area contributed by atoms with Crippen LogP contribution in [-0.2, 0) is 4.79 Å². The minimum absolute atomic E-state index is 0.113. The van der Waals surface area contributed by atoms with Crippen LogP contribution in [-0.4, -0.2) is 24.0 Å². The average molecular weight is 276 g/mol. The molecule has 1 aromatic rings. The number of carboxylic acid groups (broad SMARTS) is 1. The van der Waals surface area contributed by atoms with E-state index in [1.165, 1.54) is 12.1 Å². The molecule has 0 radical (unpaired) electrons. The van der Waals surface area contributed by atoms with Crippen molar-refractivity contribution in [2.24, 2.45) is 0 Å². The summed E-state index contributed by atoms with van der Waals surface area (Å²) < 4.78 is 45.1. The first kappa shape index (κ1) is 14.9. The van der Waals surface area contributed by atoms with Gasteiger partial charge in [-0.3, -0.25) is 0 Å². The van der Waals surface area contributed by atoms with E-state index in [-0.39, 0.29) is 12.4 Å². The summed E-state index contributed by atoms with van der Waals surface area (Å²) in [4.78, 5) is 10.4. The van der Waals surface area contributed by atoms with Crippen molar-refractivity contribution in [3.8, 4) is 11.5 Å². The Labute approximate surface area is 107 Å². The van der Waals surface area contributed by atoms with Crippen LogP contribution in [0.15, 0.2) is 24.3 Å². The normalized spacial score (nSPS) is 11.6. The van der Waals surface area contributed by atoms with E-state index in [9.17, 15) is 18.0 Å². The van der Waals surface area contributed by atoms with Crippen LogP contribution in [0.4, 0.5) is 13.2 Å². The molecule has 0 atom stereocenters. The molecular weight excluding hydrogens is 265 g/mol. The van der Waals surface area contributed by atoms with Crippen molar-refractivity contribution in [2.75, 3.05) is 6.61 Å². The topological polar surface area (TPSA) is 55.8 Å². The van der Waals surface area contributed by atoms with Gasteiger partial charge in [0.05, 0.1) is 6.61 Å². The standard InChI is InChI=1S/C12H11F3O4/c1-2-18-10-7-9(19-12(13,14)15)5-3-8(10)4-6-11(16)17/h3-7H,2H2,1H3,(H,16,17)/b6-4+. The third-order valence-electron chi connectivity index (χ3n) is 1.92. The summed E-state index contributed by atoms with van der Waals surface area (Å²) in [5, 5.41) is 8.50. The monoisotopic (exact) mass is 276 g/mol. The Morgan fingerprint density at radius 3 is 2.63 bits per heavy atom. The van der Waals surface area contributed by atoms with Gasteiger partial charge in [0.25, 0.3) is 0 Å². The number of alkyl halides is 3. The van der Waals surface area contributed by atoms with Crippen LogP contribution >= 0.6 is 0 Å². The second-order valence-electron chi connectivity index (χ2n) is 3.35. The molecule has 7 heteroatoms. The summed E-state index contributed by atoms with van der Waals surface area (Å²) in [6.45, 7) is 1.88. The summed E-state index contributed by atoms with van der Waals surface area (Å²) >= 11 is 0. The van der Waals surface area contributed by atoms with Crippen molar-refractivity contribution in [1.82, 2.24) is 0 Å². The Morgan fingerprint density at radius 1 is 1.42 bits per heavy atom. The van der Waals surface area contributed by atoms with Gasteiger partial charge in [0.1, 0.15) is 11.5 Å². The lowest BCUT2D eigenvalue weighted by Crippen LogP contribution is -2.17. The van der Waals surface area contributed by atoms with E-state index in [1.54, 1.807) is 6.92 Å². The Balaban J connectivity index is 3.03. The van der Waals surface area contributed by atoms with Crippen LogP contribution in [0, 0.1) is 0 Å². The molecule has 19 heavy (non-hydrogen) atoms. The molecule has 0 spiro atoms. The van der Waals surface area contributed by atoms with E-state index in [0.29, 0.717) is 5.56 Å². The van der Waals surface area contributed by atoms with Crippen LogP contribution in [0.2, 0.25) is 0 Å². The van der Waals surface area contributed by atoms with Crippen LogP contribution in [0.25, 0.3) is 6.08 Å². The van der Waals surface area contributed by atoms with Crippen molar-refractivity contribution in [3.05, 3.63) is 29.8 Å². The van der Waals surface area contributed by atoms with Crippen LogP contribution < -0.4 is 9.47 Å². The summed E-state index contributed by atoms with van der Waals surface area (Å²) in [7, 11) is 0. The molecule has 4 nitrogen and oxygen atoms in total. The zero-order chi connectivity index (χ0) is 14.5. The molecule has 0 fully saturated rings. The van der Waals surface area contributed by atoms with Crippen molar-refractivity contribution in [1.29, 1.82) is 0 Å². The highest BCUT2D eigenvalue weighted by Crippen LogP contribution is 2.29. The molecule has 0 bridgehead atoms. The lowest BCUT2D eigenvalue weighted by atomic mass is 10.1. The predicted octanol–water partition coefficient (Wildman–Crippen LogP) is 3.08. The van der Waals surface area contributed by atoms with Crippen molar-refractivity contribution >= 4 is 12.0 Å². The smallest absolute Gasteiger partial charge is 0.493 e. The summed E-state index contributed by atoms with van der Waals surface area (Å²) in [6.07, 6.45) is -2.70. The van der Waals surface area contributed by atoms with E-state index >= 15 is 0 Å². The Bertz CT molecular complexity index is 480. The van der Waals surface area contributed by atoms with Crippen molar-refractivity contribution < 1.29 is 32.5 Å². The van der Waals surface area contributed by atoms with Gasteiger partial charge in [0.15, 0.2) is 0 Å². The van der Waals surface area contributed by atoms with Crippen LogP contribution in [0.5, 0.6) is 11.5 Å². The maximum Gasteiger partial charge on any atom is 0.573 e. The number of carboxylic acids is 1. The fourth-order valence-corrected chi connectivity index (χ4v) is 1.29. The molecule has 0 unspecified atom stereocenters. The molecule has 0 saturated carbocycles. The van der Waals surface area contributed by atoms with Gasteiger partial charge in [-0.05, 0) is 25.1 Å². The van der Waals surface area contributed by atoms with E-state index < -0.39 is 18.1 Å². The highest BCUT2D eigenvalue weighted by molar-refractivity contribution is 5.86. The zero-order valence-corrected chi connectivity index (χ0v) is 9.90. The molecule has 1 rings (SSSR count). The fraction of sp³-hybridized carbons (Fsp3) is 0.250. The molecule has 104 valence electrons. The average Bonchev–Trinajstić information content (AvgIpc) is 2.26. The molecule has 0 aromatic heterocycles. The Morgan fingerprint density at radius 2 is 2.11 bits per heavy atom. The van der Waals surface area contributed by atoms with E-state index in [1.807, 2.05) is 0 Å². The minimum atomic E-state index is -4.79. The Hall–Kier alpha value is -2.18. The molecule has 1 aromatic carbocycles. The first-order valence-electron chi connectivity index (χ1n) is 5.25. The lowest BCUT2D eigenvalue weighted by molar-refractivity contribution is -0.274. The number of aliphatic carboxylic acids is 1. The predicted molar refractivity (Wildman–Crippen MR) is 61.0 cm³/mol. The molecule has 0 saturated heterocycles. The summed E-state index contributed by atoms with van der Waals surface area (Å²) in [5.41, 5.74) is 0.346. The second-order valence-corrected chi connectivity index (χ2v) is 3.35. The molecule has 0 amide bonds. The highest BCUT2D eigenvalue weighted by Gasteiger charge is 2.31. The lowest BCUT2D eigenvalue weighted by Gasteiger charge is -2.12. The number of halogens is 3. The molecular formula is C12H11F3O4. The first-order valence-corrected chi connectivity index (χ1v) is 5.25. The van der Waals surface area contributed by atoms with Gasteiger partial charge in [-0.1, -0.05) is 0 Å². The van der Waals surface area contributed by atoms with Gasteiger partial charge in [0.2, 0.25) is 0 Å². The SMILES string of the molecule is CCOc1cc(OC(F)(F)F)ccc1/C=C/C(=O)O.